The van der Waals surface area contributed by atoms with E-state index >= 15 is 0 Å². The maximum atomic E-state index is 12.7. The molecule has 1 amide bonds. The monoisotopic (exact) mass is 342 g/mol. The topological polar surface area (TPSA) is 42.0 Å². The lowest BCUT2D eigenvalue weighted by molar-refractivity contribution is 0.102. The van der Waals surface area contributed by atoms with Gasteiger partial charge in [-0.25, -0.2) is 4.98 Å². The highest BCUT2D eigenvalue weighted by Crippen LogP contribution is 2.31. The molecule has 3 rings (SSSR count). The van der Waals surface area contributed by atoms with Gasteiger partial charge in [-0.3, -0.25) is 4.79 Å². The summed E-state index contributed by atoms with van der Waals surface area (Å²) in [6.45, 7) is 3.83. The maximum Gasteiger partial charge on any atom is 0.275 e. The van der Waals surface area contributed by atoms with Crippen molar-refractivity contribution < 1.29 is 4.79 Å². The first kappa shape index (κ1) is 15.7. The van der Waals surface area contributed by atoms with Gasteiger partial charge in [-0.1, -0.05) is 48.0 Å². The second kappa shape index (κ2) is 6.52. The Morgan fingerprint density at radius 2 is 1.87 bits per heavy atom. The van der Waals surface area contributed by atoms with Gasteiger partial charge < -0.3 is 5.32 Å². The van der Waals surface area contributed by atoms with Crippen LogP contribution in [0, 0.1) is 13.8 Å². The largest absolute Gasteiger partial charge is 0.320 e. The van der Waals surface area contributed by atoms with Crippen molar-refractivity contribution in [3.63, 3.8) is 0 Å². The Hall–Kier alpha value is -2.17. The van der Waals surface area contributed by atoms with E-state index in [0.29, 0.717) is 16.4 Å². The van der Waals surface area contributed by atoms with Crippen molar-refractivity contribution in [1.29, 1.82) is 0 Å². The van der Waals surface area contributed by atoms with Crippen LogP contribution in [-0.2, 0) is 0 Å². The molecule has 0 radical (unpaired) electrons. The molecular formula is C18H15ClN2OS. The van der Waals surface area contributed by atoms with Crippen molar-refractivity contribution in [2.24, 2.45) is 0 Å². The highest BCUT2D eigenvalue weighted by atomic mass is 35.5. The number of halogens is 1. The minimum atomic E-state index is -0.224. The molecule has 2 aromatic carbocycles. The summed E-state index contributed by atoms with van der Waals surface area (Å²) >= 11 is 7.53. The van der Waals surface area contributed by atoms with Crippen LogP contribution in [0.2, 0.25) is 5.02 Å². The van der Waals surface area contributed by atoms with E-state index in [4.69, 9.17) is 11.6 Å². The SMILES string of the molecule is Cc1nc(C(=O)Nc2cc(Cl)ccc2C)c(-c2ccccc2)s1. The Morgan fingerprint density at radius 3 is 2.61 bits per heavy atom. The fourth-order valence-electron chi connectivity index (χ4n) is 2.28. The number of nitrogens with one attached hydrogen (secondary N) is 1. The zero-order valence-electron chi connectivity index (χ0n) is 12.8. The van der Waals surface area contributed by atoms with Gasteiger partial charge in [-0.05, 0) is 37.1 Å². The van der Waals surface area contributed by atoms with Crippen molar-refractivity contribution >= 4 is 34.5 Å². The van der Waals surface area contributed by atoms with E-state index < -0.39 is 0 Å². The molecule has 0 bridgehead atoms. The highest BCUT2D eigenvalue weighted by Gasteiger charge is 2.19. The first-order chi connectivity index (χ1) is 11.0. The molecule has 0 aliphatic carbocycles. The number of nitrogens with zero attached hydrogens (tertiary/aromatic N) is 1. The number of benzene rings is 2. The first-order valence-electron chi connectivity index (χ1n) is 7.15. The van der Waals surface area contributed by atoms with Gasteiger partial charge in [-0.15, -0.1) is 11.3 Å². The van der Waals surface area contributed by atoms with Crippen molar-refractivity contribution in [1.82, 2.24) is 4.98 Å². The third kappa shape index (κ3) is 3.44. The molecule has 5 heteroatoms. The van der Waals surface area contributed by atoms with Crippen LogP contribution in [0.3, 0.4) is 0 Å². The summed E-state index contributed by atoms with van der Waals surface area (Å²) in [5.41, 5.74) is 3.09. The van der Waals surface area contributed by atoms with E-state index in [2.05, 4.69) is 10.3 Å². The normalized spacial score (nSPS) is 10.6. The van der Waals surface area contributed by atoms with Crippen LogP contribution in [0.5, 0.6) is 0 Å². The van der Waals surface area contributed by atoms with Crippen LogP contribution < -0.4 is 5.32 Å². The van der Waals surface area contributed by atoms with Gasteiger partial charge in [0.2, 0.25) is 0 Å². The Balaban J connectivity index is 1.96. The molecule has 116 valence electrons. The lowest BCUT2D eigenvalue weighted by Gasteiger charge is -2.08. The second-order valence-electron chi connectivity index (χ2n) is 5.19. The van der Waals surface area contributed by atoms with E-state index in [1.807, 2.05) is 50.2 Å². The molecule has 0 saturated heterocycles. The fourth-order valence-corrected chi connectivity index (χ4v) is 3.37. The van der Waals surface area contributed by atoms with Crippen LogP contribution in [0.15, 0.2) is 48.5 Å². The molecule has 0 spiro atoms. The van der Waals surface area contributed by atoms with Gasteiger partial charge in [0.25, 0.3) is 5.91 Å². The summed E-state index contributed by atoms with van der Waals surface area (Å²) in [5, 5.41) is 4.36. The zero-order valence-corrected chi connectivity index (χ0v) is 14.3. The summed E-state index contributed by atoms with van der Waals surface area (Å²) in [4.78, 5) is 18.0. The fraction of sp³-hybridized carbons (Fsp3) is 0.111. The number of carbonyl (C=O) groups excluding carboxylic acids is 1. The molecule has 0 aliphatic heterocycles. The first-order valence-corrected chi connectivity index (χ1v) is 8.34. The number of hydrogen-bond donors (Lipinski definition) is 1. The van der Waals surface area contributed by atoms with Gasteiger partial charge in [0.05, 0.1) is 9.88 Å². The molecule has 0 atom stereocenters. The molecule has 23 heavy (non-hydrogen) atoms. The minimum Gasteiger partial charge on any atom is -0.320 e. The highest BCUT2D eigenvalue weighted by molar-refractivity contribution is 7.15. The summed E-state index contributed by atoms with van der Waals surface area (Å²) in [5.74, 6) is -0.224. The average Bonchev–Trinajstić information content (AvgIpc) is 2.94. The third-order valence-corrected chi connectivity index (χ3v) is 4.69. The summed E-state index contributed by atoms with van der Waals surface area (Å²) < 4.78 is 0. The number of thiazole rings is 1. The Kier molecular flexibility index (Phi) is 4.46. The van der Waals surface area contributed by atoms with Gasteiger partial charge in [0.1, 0.15) is 5.69 Å². The predicted molar refractivity (Wildman–Crippen MR) is 96.4 cm³/mol. The average molecular weight is 343 g/mol. The third-order valence-electron chi connectivity index (χ3n) is 3.43. The predicted octanol–water partition coefficient (Wildman–Crippen LogP) is 5.33. The van der Waals surface area contributed by atoms with Crippen molar-refractivity contribution in [3.05, 3.63) is 69.8 Å². The lowest BCUT2D eigenvalue weighted by Crippen LogP contribution is -2.14. The van der Waals surface area contributed by atoms with E-state index in [1.165, 1.54) is 11.3 Å². The Morgan fingerprint density at radius 1 is 1.13 bits per heavy atom. The molecule has 1 heterocycles. The molecule has 1 aromatic heterocycles. The van der Waals surface area contributed by atoms with Crippen molar-refractivity contribution in [2.45, 2.75) is 13.8 Å². The van der Waals surface area contributed by atoms with Gasteiger partial charge in [-0.2, -0.15) is 0 Å². The smallest absolute Gasteiger partial charge is 0.275 e. The molecule has 0 saturated carbocycles. The quantitative estimate of drug-likeness (QED) is 0.698. The number of aromatic nitrogens is 1. The summed E-state index contributed by atoms with van der Waals surface area (Å²) in [6.07, 6.45) is 0. The molecule has 0 fully saturated rings. The Labute approximate surface area is 144 Å². The molecule has 3 aromatic rings. The molecule has 1 N–H and O–H groups in total. The van der Waals surface area contributed by atoms with E-state index in [9.17, 15) is 4.79 Å². The van der Waals surface area contributed by atoms with Crippen LogP contribution in [-0.4, -0.2) is 10.9 Å². The number of carbonyl (C=O) groups is 1. The van der Waals surface area contributed by atoms with Gasteiger partial charge >= 0.3 is 0 Å². The van der Waals surface area contributed by atoms with Crippen LogP contribution in [0.4, 0.5) is 5.69 Å². The Bertz CT molecular complexity index is 859. The molecule has 0 aliphatic rings. The van der Waals surface area contributed by atoms with Gasteiger partial charge in [0, 0.05) is 10.7 Å². The van der Waals surface area contributed by atoms with E-state index in [0.717, 1.165) is 21.0 Å². The van der Waals surface area contributed by atoms with Crippen molar-refractivity contribution in [3.8, 4) is 10.4 Å². The second-order valence-corrected chi connectivity index (χ2v) is 6.83. The summed E-state index contributed by atoms with van der Waals surface area (Å²) in [6, 6.07) is 15.2. The van der Waals surface area contributed by atoms with E-state index in [1.54, 1.807) is 12.1 Å². The number of anilines is 1. The lowest BCUT2D eigenvalue weighted by atomic mass is 10.1. The van der Waals surface area contributed by atoms with Gasteiger partial charge in [0.15, 0.2) is 0 Å². The number of hydrogen-bond acceptors (Lipinski definition) is 3. The number of aryl methyl sites for hydroxylation is 2. The number of rotatable bonds is 3. The van der Waals surface area contributed by atoms with Crippen LogP contribution in [0.25, 0.3) is 10.4 Å². The maximum absolute atomic E-state index is 12.7. The standard InChI is InChI=1S/C18H15ClN2OS/c1-11-8-9-14(19)10-15(11)21-18(22)16-17(23-12(2)20-16)13-6-4-3-5-7-13/h3-10H,1-2H3,(H,21,22). The zero-order chi connectivity index (χ0) is 16.4. The van der Waals surface area contributed by atoms with E-state index in [-0.39, 0.29) is 5.91 Å². The molecular weight excluding hydrogens is 328 g/mol. The van der Waals surface area contributed by atoms with Crippen LogP contribution >= 0.6 is 22.9 Å². The van der Waals surface area contributed by atoms with Crippen molar-refractivity contribution in [2.75, 3.05) is 5.32 Å². The minimum absolute atomic E-state index is 0.224. The number of amides is 1. The summed E-state index contributed by atoms with van der Waals surface area (Å²) in [7, 11) is 0. The van der Waals surface area contributed by atoms with Crippen LogP contribution in [0.1, 0.15) is 21.1 Å². The molecule has 0 unspecified atom stereocenters. The molecule has 3 nitrogen and oxygen atoms in total.